The summed E-state index contributed by atoms with van der Waals surface area (Å²) in [4.78, 5) is 16.1. The molecule has 6 heteroatoms. The van der Waals surface area contributed by atoms with Crippen LogP contribution in [0, 0.1) is 0 Å². The predicted molar refractivity (Wildman–Crippen MR) is 67.1 cm³/mol. The molecule has 17 heavy (non-hydrogen) atoms. The molecule has 0 amide bonds. The molecular formula is C11H16N6. The van der Waals surface area contributed by atoms with E-state index in [4.69, 9.17) is 0 Å². The van der Waals surface area contributed by atoms with Crippen molar-refractivity contribution >= 4 is 22.9 Å². The molecule has 1 saturated carbocycles. The molecule has 3 rings (SSSR count). The number of fused-ring (bicyclic) bond motifs is 1. The fourth-order valence-electron chi connectivity index (χ4n) is 1.76. The molecule has 0 spiro atoms. The smallest absolute Gasteiger partial charge is 0.226 e. The molecule has 6 nitrogen and oxygen atoms in total. The van der Waals surface area contributed by atoms with E-state index in [1.807, 2.05) is 6.92 Å². The van der Waals surface area contributed by atoms with Gasteiger partial charge in [0.2, 0.25) is 5.95 Å². The lowest BCUT2D eigenvalue weighted by Gasteiger charge is -2.13. The van der Waals surface area contributed by atoms with Gasteiger partial charge in [-0.25, -0.2) is 4.98 Å². The third-order valence-corrected chi connectivity index (χ3v) is 3.04. The molecule has 3 N–H and O–H groups in total. The van der Waals surface area contributed by atoms with Crippen LogP contribution >= 0.6 is 0 Å². The van der Waals surface area contributed by atoms with E-state index >= 15 is 0 Å². The van der Waals surface area contributed by atoms with Crippen molar-refractivity contribution in [3.05, 3.63) is 6.33 Å². The van der Waals surface area contributed by atoms with Gasteiger partial charge in [0.1, 0.15) is 5.52 Å². The van der Waals surface area contributed by atoms with E-state index in [0.717, 1.165) is 17.9 Å². The molecule has 0 saturated heterocycles. The van der Waals surface area contributed by atoms with Gasteiger partial charge < -0.3 is 15.6 Å². The van der Waals surface area contributed by atoms with Gasteiger partial charge in [0.15, 0.2) is 11.5 Å². The number of anilines is 2. The van der Waals surface area contributed by atoms with Crippen LogP contribution in [-0.4, -0.2) is 32.0 Å². The minimum atomic E-state index is 0.190. The molecule has 1 aliphatic rings. The molecule has 1 aliphatic carbocycles. The highest BCUT2D eigenvalue weighted by molar-refractivity contribution is 5.84. The first kappa shape index (κ1) is 10.3. The molecule has 90 valence electrons. The zero-order valence-corrected chi connectivity index (χ0v) is 10.0. The molecule has 0 aliphatic heterocycles. The first-order valence-corrected chi connectivity index (χ1v) is 5.93. The predicted octanol–water partition coefficient (Wildman–Crippen LogP) is 1.75. The van der Waals surface area contributed by atoms with Gasteiger partial charge in [-0.3, -0.25) is 0 Å². The Labute approximate surface area is 99.3 Å². The third kappa shape index (κ3) is 1.90. The summed E-state index contributed by atoms with van der Waals surface area (Å²) >= 11 is 0. The fraction of sp³-hybridized carbons (Fsp3) is 0.545. The van der Waals surface area contributed by atoms with Crippen LogP contribution in [0.4, 0.5) is 11.8 Å². The van der Waals surface area contributed by atoms with Crippen molar-refractivity contribution in [2.45, 2.75) is 32.2 Å². The summed E-state index contributed by atoms with van der Waals surface area (Å²) in [7, 11) is 0. The zero-order chi connectivity index (χ0) is 11.9. The Hall–Kier alpha value is -1.85. The summed E-state index contributed by atoms with van der Waals surface area (Å²) in [6, 6.07) is 0. The Morgan fingerprint density at radius 1 is 1.41 bits per heavy atom. The zero-order valence-electron chi connectivity index (χ0n) is 10.0. The van der Waals surface area contributed by atoms with Crippen molar-refractivity contribution in [3.8, 4) is 0 Å². The number of rotatable bonds is 4. The van der Waals surface area contributed by atoms with E-state index in [2.05, 4.69) is 37.5 Å². The molecule has 0 bridgehead atoms. The largest absolute Gasteiger partial charge is 0.363 e. The van der Waals surface area contributed by atoms with Crippen molar-refractivity contribution in [1.29, 1.82) is 0 Å². The van der Waals surface area contributed by atoms with E-state index in [1.54, 1.807) is 6.33 Å². The van der Waals surface area contributed by atoms with Gasteiger partial charge in [-0.15, -0.1) is 0 Å². The van der Waals surface area contributed by atoms with E-state index < -0.39 is 0 Å². The van der Waals surface area contributed by atoms with E-state index in [9.17, 15) is 0 Å². The van der Waals surface area contributed by atoms with E-state index in [1.165, 1.54) is 12.8 Å². The second-order valence-electron chi connectivity index (χ2n) is 4.71. The number of imidazole rings is 1. The Kier molecular flexibility index (Phi) is 2.17. The van der Waals surface area contributed by atoms with Gasteiger partial charge in [0.05, 0.1) is 6.33 Å². The van der Waals surface area contributed by atoms with Crippen LogP contribution < -0.4 is 10.6 Å². The lowest BCUT2D eigenvalue weighted by atomic mass is 10.3. The first-order valence-electron chi connectivity index (χ1n) is 5.93. The minimum Gasteiger partial charge on any atom is -0.363 e. The fourth-order valence-corrected chi connectivity index (χ4v) is 1.76. The molecule has 0 radical (unpaired) electrons. The van der Waals surface area contributed by atoms with Crippen molar-refractivity contribution in [3.63, 3.8) is 0 Å². The summed E-state index contributed by atoms with van der Waals surface area (Å²) in [5, 5.41) is 6.58. The average Bonchev–Trinajstić information content (AvgIpc) is 2.83. The topological polar surface area (TPSA) is 78.5 Å². The molecule has 2 heterocycles. The highest BCUT2D eigenvalue weighted by Gasteiger charge is 2.38. The van der Waals surface area contributed by atoms with Gasteiger partial charge in [-0.05, 0) is 26.7 Å². The van der Waals surface area contributed by atoms with Crippen molar-refractivity contribution in [2.24, 2.45) is 0 Å². The molecule has 1 fully saturated rings. The van der Waals surface area contributed by atoms with Gasteiger partial charge >= 0.3 is 0 Å². The molecule has 0 unspecified atom stereocenters. The molecular weight excluding hydrogens is 216 g/mol. The van der Waals surface area contributed by atoms with Crippen molar-refractivity contribution < 1.29 is 0 Å². The molecule has 0 atom stereocenters. The molecule has 2 aromatic heterocycles. The summed E-state index contributed by atoms with van der Waals surface area (Å²) < 4.78 is 0. The van der Waals surface area contributed by atoms with E-state index in [-0.39, 0.29) is 5.54 Å². The summed E-state index contributed by atoms with van der Waals surface area (Å²) in [6.45, 7) is 5.02. The van der Waals surface area contributed by atoms with Crippen LogP contribution in [0.2, 0.25) is 0 Å². The number of hydrogen-bond acceptors (Lipinski definition) is 5. The number of nitrogens with one attached hydrogen (secondary N) is 3. The van der Waals surface area contributed by atoms with Crippen molar-refractivity contribution in [2.75, 3.05) is 17.2 Å². The maximum Gasteiger partial charge on any atom is 0.226 e. The van der Waals surface area contributed by atoms with Crippen LogP contribution in [0.15, 0.2) is 6.33 Å². The number of aromatic nitrogens is 4. The van der Waals surface area contributed by atoms with Crippen LogP contribution in [0.1, 0.15) is 26.7 Å². The summed E-state index contributed by atoms with van der Waals surface area (Å²) in [6.07, 6.45) is 4.02. The van der Waals surface area contributed by atoms with Crippen molar-refractivity contribution in [1.82, 2.24) is 19.9 Å². The average molecular weight is 232 g/mol. The number of aromatic amines is 1. The minimum absolute atomic E-state index is 0.190. The summed E-state index contributed by atoms with van der Waals surface area (Å²) in [5.74, 6) is 1.46. The van der Waals surface area contributed by atoms with Crippen LogP contribution in [0.5, 0.6) is 0 Å². The third-order valence-electron chi connectivity index (χ3n) is 3.04. The van der Waals surface area contributed by atoms with E-state index in [0.29, 0.717) is 11.6 Å². The van der Waals surface area contributed by atoms with Gasteiger partial charge in [0.25, 0.3) is 0 Å². The number of H-pyrrole nitrogens is 1. The van der Waals surface area contributed by atoms with Crippen LogP contribution in [0.25, 0.3) is 11.2 Å². The Morgan fingerprint density at radius 2 is 2.24 bits per heavy atom. The Bertz CT molecular complexity index is 542. The second-order valence-corrected chi connectivity index (χ2v) is 4.71. The molecule has 0 aromatic carbocycles. The SMILES string of the molecule is CCNc1nc(NC2(C)CC2)c2[nH]cnc2n1. The highest BCUT2D eigenvalue weighted by atomic mass is 15.2. The normalized spacial score (nSPS) is 17.1. The monoisotopic (exact) mass is 232 g/mol. The first-order chi connectivity index (χ1) is 8.20. The summed E-state index contributed by atoms with van der Waals surface area (Å²) in [5.41, 5.74) is 1.76. The maximum atomic E-state index is 4.48. The number of hydrogen-bond donors (Lipinski definition) is 3. The highest BCUT2D eigenvalue weighted by Crippen LogP contribution is 2.38. The maximum absolute atomic E-state index is 4.48. The van der Waals surface area contributed by atoms with Crippen LogP contribution in [-0.2, 0) is 0 Å². The van der Waals surface area contributed by atoms with Gasteiger partial charge in [0, 0.05) is 12.1 Å². The number of nitrogens with zero attached hydrogens (tertiary/aromatic N) is 3. The van der Waals surface area contributed by atoms with Gasteiger partial charge in [-0.1, -0.05) is 0 Å². The van der Waals surface area contributed by atoms with Gasteiger partial charge in [-0.2, -0.15) is 9.97 Å². The standard InChI is InChI=1S/C11H16N6/c1-3-12-10-15-8-7(13-6-14-8)9(16-10)17-11(2)4-5-11/h6H,3-5H2,1-2H3,(H3,12,13,14,15,16,17). The lowest BCUT2D eigenvalue weighted by molar-refractivity contribution is 0.822. The quantitative estimate of drug-likeness (QED) is 0.748. The Balaban J connectivity index is 2.03. The lowest BCUT2D eigenvalue weighted by Crippen LogP contribution is -2.18. The Morgan fingerprint density at radius 3 is 2.94 bits per heavy atom. The van der Waals surface area contributed by atoms with Crippen LogP contribution in [0.3, 0.4) is 0 Å². The molecule has 2 aromatic rings. The second kappa shape index (κ2) is 3.58.